The van der Waals surface area contributed by atoms with Crippen LogP contribution in [0.1, 0.15) is 65.2 Å². The van der Waals surface area contributed by atoms with Gasteiger partial charge >= 0.3 is 0 Å². The number of fused-ring (bicyclic) bond motifs is 6. The maximum absolute atomic E-state index is 13.6. The molecular weight excluding hydrogens is 356 g/mol. The fourth-order valence-corrected chi connectivity index (χ4v) is 8.52. The minimum Gasteiger partial charge on any atom is -0.348 e. The van der Waals surface area contributed by atoms with E-state index in [-0.39, 0.29) is 16.7 Å². The van der Waals surface area contributed by atoms with Gasteiger partial charge < -0.3 is 18.9 Å². The molecule has 6 unspecified atom stereocenters. The van der Waals surface area contributed by atoms with E-state index in [1.807, 2.05) is 0 Å². The van der Waals surface area contributed by atoms with Gasteiger partial charge in [-0.1, -0.05) is 13.8 Å². The SMILES string of the molecule is CC12CCC3(CC1CC(=O)C1C2CCC2(C)C1CCC21OCCO1)OCCO3. The van der Waals surface area contributed by atoms with Crippen LogP contribution in [0.4, 0.5) is 0 Å². The van der Waals surface area contributed by atoms with E-state index in [1.54, 1.807) is 0 Å². The Bertz CT molecular complexity index is 678. The summed E-state index contributed by atoms with van der Waals surface area (Å²) < 4.78 is 24.5. The smallest absolute Gasteiger partial charge is 0.174 e. The third kappa shape index (κ3) is 2.15. The zero-order chi connectivity index (χ0) is 19.2. The van der Waals surface area contributed by atoms with E-state index in [2.05, 4.69) is 13.8 Å². The van der Waals surface area contributed by atoms with Crippen LogP contribution < -0.4 is 0 Å². The summed E-state index contributed by atoms with van der Waals surface area (Å²) in [5.74, 6) is 1.15. The Morgan fingerprint density at radius 1 is 0.821 bits per heavy atom. The van der Waals surface area contributed by atoms with Gasteiger partial charge in [-0.25, -0.2) is 0 Å². The average Bonchev–Trinajstić information content (AvgIpc) is 3.39. The van der Waals surface area contributed by atoms with Crippen LogP contribution in [0.3, 0.4) is 0 Å². The molecule has 0 radical (unpaired) electrons. The van der Waals surface area contributed by atoms with Gasteiger partial charge in [-0.15, -0.1) is 0 Å². The summed E-state index contributed by atoms with van der Waals surface area (Å²) in [6.45, 7) is 7.62. The van der Waals surface area contributed by atoms with Crippen LogP contribution in [-0.2, 0) is 23.7 Å². The van der Waals surface area contributed by atoms with E-state index in [0.717, 1.165) is 44.9 Å². The highest BCUT2D eigenvalue weighted by Crippen LogP contribution is 2.69. The van der Waals surface area contributed by atoms with Crippen LogP contribution in [0, 0.1) is 34.5 Å². The molecule has 0 aromatic rings. The molecule has 0 N–H and O–H groups in total. The molecule has 2 saturated heterocycles. The molecule has 5 heteroatoms. The highest BCUT2D eigenvalue weighted by Gasteiger charge is 2.69. The topological polar surface area (TPSA) is 54.0 Å². The predicted molar refractivity (Wildman–Crippen MR) is 101 cm³/mol. The van der Waals surface area contributed by atoms with Crippen LogP contribution in [0.2, 0.25) is 0 Å². The number of hydrogen-bond acceptors (Lipinski definition) is 5. The van der Waals surface area contributed by atoms with E-state index in [9.17, 15) is 4.79 Å². The monoisotopic (exact) mass is 390 g/mol. The standard InChI is InChI=1S/C23H34O5/c1-20-7-8-22(25-9-10-26-22)14-15(20)13-18(24)19-16(20)3-5-21(2)17(19)4-6-23(21)27-11-12-28-23/h15-17,19H,3-14H2,1-2H3. The third-order valence-electron chi connectivity index (χ3n) is 10.1. The minimum atomic E-state index is -0.428. The number of rotatable bonds is 0. The van der Waals surface area contributed by atoms with E-state index >= 15 is 0 Å². The summed E-state index contributed by atoms with van der Waals surface area (Å²) in [5.41, 5.74) is 0.213. The second-order valence-electron chi connectivity index (χ2n) is 10.9. The average molecular weight is 391 g/mol. The Morgan fingerprint density at radius 3 is 2.25 bits per heavy atom. The zero-order valence-electron chi connectivity index (χ0n) is 17.3. The van der Waals surface area contributed by atoms with Crippen LogP contribution >= 0.6 is 0 Å². The summed E-state index contributed by atoms with van der Waals surface area (Å²) in [5, 5.41) is 0. The number of ketones is 1. The van der Waals surface area contributed by atoms with E-state index in [0.29, 0.717) is 56.4 Å². The van der Waals surface area contributed by atoms with Gasteiger partial charge in [-0.05, 0) is 48.9 Å². The molecule has 156 valence electrons. The fraction of sp³-hybridized carbons (Fsp3) is 0.957. The molecule has 6 aliphatic rings. The first-order valence-corrected chi connectivity index (χ1v) is 11.5. The molecule has 2 aliphatic heterocycles. The summed E-state index contributed by atoms with van der Waals surface area (Å²) >= 11 is 0. The third-order valence-corrected chi connectivity index (χ3v) is 10.1. The van der Waals surface area contributed by atoms with Gasteiger partial charge in [0.1, 0.15) is 5.78 Å². The summed E-state index contributed by atoms with van der Waals surface area (Å²) in [6.07, 6.45) is 7.97. The van der Waals surface area contributed by atoms with Gasteiger partial charge in [0.2, 0.25) is 0 Å². The molecular formula is C23H34O5. The number of ether oxygens (including phenoxy) is 4. The summed E-state index contributed by atoms with van der Waals surface area (Å²) in [4.78, 5) is 13.6. The zero-order valence-corrected chi connectivity index (χ0v) is 17.3. The lowest BCUT2D eigenvalue weighted by Crippen LogP contribution is -2.60. The van der Waals surface area contributed by atoms with Crippen LogP contribution in [0.15, 0.2) is 0 Å². The lowest BCUT2D eigenvalue weighted by atomic mass is 9.44. The van der Waals surface area contributed by atoms with E-state index < -0.39 is 11.6 Å². The van der Waals surface area contributed by atoms with Crippen molar-refractivity contribution in [1.82, 2.24) is 0 Å². The van der Waals surface area contributed by atoms with Crippen molar-refractivity contribution < 1.29 is 23.7 Å². The summed E-state index contributed by atoms with van der Waals surface area (Å²) in [7, 11) is 0. The minimum absolute atomic E-state index is 0.0168. The molecule has 0 aromatic heterocycles. The quantitative estimate of drug-likeness (QED) is 0.631. The second kappa shape index (κ2) is 5.81. The van der Waals surface area contributed by atoms with Crippen molar-refractivity contribution >= 4 is 5.78 Å². The molecule has 6 fully saturated rings. The summed E-state index contributed by atoms with van der Waals surface area (Å²) in [6, 6.07) is 0. The van der Waals surface area contributed by atoms with Crippen molar-refractivity contribution in [1.29, 1.82) is 0 Å². The first kappa shape index (κ1) is 18.3. The molecule has 0 bridgehead atoms. The van der Waals surface area contributed by atoms with Crippen molar-refractivity contribution in [2.75, 3.05) is 26.4 Å². The highest BCUT2D eigenvalue weighted by molar-refractivity contribution is 5.83. The van der Waals surface area contributed by atoms with Crippen molar-refractivity contribution in [2.24, 2.45) is 34.5 Å². The van der Waals surface area contributed by atoms with E-state index in [4.69, 9.17) is 18.9 Å². The number of carbonyl (C=O) groups excluding carboxylic acids is 1. The number of Topliss-reactive ketones (excluding diaryl/α,β-unsaturated/α-hetero) is 1. The molecule has 5 nitrogen and oxygen atoms in total. The van der Waals surface area contributed by atoms with Gasteiger partial charge in [0, 0.05) is 37.0 Å². The second-order valence-corrected chi connectivity index (χ2v) is 10.9. The Labute approximate surface area is 167 Å². The van der Waals surface area contributed by atoms with Crippen LogP contribution in [0.25, 0.3) is 0 Å². The fourth-order valence-electron chi connectivity index (χ4n) is 8.52. The Morgan fingerprint density at radius 2 is 1.50 bits per heavy atom. The molecule has 2 heterocycles. The lowest BCUT2D eigenvalue weighted by Gasteiger charge is -2.61. The molecule has 0 aromatic carbocycles. The van der Waals surface area contributed by atoms with Gasteiger partial charge in [0.15, 0.2) is 11.6 Å². The molecule has 4 aliphatic carbocycles. The van der Waals surface area contributed by atoms with Crippen molar-refractivity contribution in [3.63, 3.8) is 0 Å². The normalized spacial score (nSPS) is 51.3. The molecule has 2 spiro atoms. The molecule has 6 rings (SSSR count). The van der Waals surface area contributed by atoms with Gasteiger partial charge in [0.05, 0.1) is 26.4 Å². The maximum atomic E-state index is 13.6. The predicted octanol–water partition coefficient (Wildman–Crippen LogP) is 3.69. The molecule has 4 saturated carbocycles. The largest absolute Gasteiger partial charge is 0.348 e. The van der Waals surface area contributed by atoms with Gasteiger partial charge in [0.25, 0.3) is 0 Å². The van der Waals surface area contributed by atoms with E-state index in [1.165, 1.54) is 0 Å². The molecule has 28 heavy (non-hydrogen) atoms. The number of hydrogen-bond donors (Lipinski definition) is 0. The number of carbonyl (C=O) groups is 1. The van der Waals surface area contributed by atoms with Crippen molar-refractivity contribution in [3.05, 3.63) is 0 Å². The Hall–Kier alpha value is -0.490. The van der Waals surface area contributed by atoms with Crippen LogP contribution in [-0.4, -0.2) is 43.8 Å². The van der Waals surface area contributed by atoms with Crippen molar-refractivity contribution in [3.8, 4) is 0 Å². The van der Waals surface area contributed by atoms with Gasteiger partial charge in [-0.2, -0.15) is 0 Å². The lowest BCUT2D eigenvalue weighted by molar-refractivity contribution is -0.253. The highest BCUT2D eigenvalue weighted by atomic mass is 16.7. The first-order chi connectivity index (χ1) is 13.4. The molecule has 6 atom stereocenters. The molecule has 0 amide bonds. The Kier molecular flexibility index (Phi) is 3.79. The van der Waals surface area contributed by atoms with Crippen molar-refractivity contribution in [2.45, 2.75) is 76.8 Å². The first-order valence-electron chi connectivity index (χ1n) is 11.5. The Balaban J connectivity index is 1.32. The van der Waals surface area contributed by atoms with Crippen LogP contribution in [0.5, 0.6) is 0 Å². The maximum Gasteiger partial charge on any atom is 0.174 e. The van der Waals surface area contributed by atoms with Gasteiger partial charge in [-0.3, -0.25) is 4.79 Å².